The first kappa shape index (κ1) is 16.5. The molecule has 22 heavy (non-hydrogen) atoms. The molecule has 114 valence electrons. The number of nitrogens with one attached hydrogen (secondary N) is 2. The first-order chi connectivity index (χ1) is 10.5. The third-order valence-electron chi connectivity index (χ3n) is 2.95. The Kier molecular flexibility index (Phi) is 5.57. The van der Waals surface area contributed by atoms with Crippen molar-refractivity contribution in [3.8, 4) is 0 Å². The molecule has 1 atom stereocenters. The predicted molar refractivity (Wildman–Crippen MR) is 91.2 cm³/mol. The topological polar surface area (TPSA) is 58.2 Å². The summed E-state index contributed by atoms with van der Waals surface area (Å²) in [7, 11) is 0. The van der Waals surface area contributed by atoms with Gasteiger partial charge in [-0.05, 0) is 37.3 Å². The molecule has 2 N–H and O–H groups in total. The van der Waals surface area contributed by atoms with Crippen LogP contribution in [0.5, 0.6) is 0 Å². The number of carbonyl (C=O) groups excluding carboxylic acids is 2. The summed E-state index contributed by atoms with van der Waals surface area (Å²) >= 11 is 9.29. The summed E-state index contributed by atoms with van der Waals surface area (Å²) in [5.41, 5.74) is 0.990. The fourth-order valence-electron chi connectivity index (χ4n) is 1.80. The van der Waals surface area contributed by atoms with Crippen LogP contribution in [0.1, 0.15) is 17.3 Å². The van der Waals surface area contributed by atoms with Crippen molar-refractivity contribution in [3.05, 3.63) is 63.6 Å². The standard InChI is InChI=1S/C16H14BrClN2O2/c1-10(15(21)20-12-6-4-5-11(17)9-12)19-16(22)13-7-2-3-8-14(13)18/h2-10H,1H3,(H,19,22)(H,20,21)/t10-/m0/s1. The zero-order chi connectivity index (χ0) is 16.1. The average Bonchev–Trinajstić information content (AvgIpc) is 2.47. The number of halogens is 2. The second-order valence-corrected chi connectivity index (χ2v) is 6.00. The van der Waals surface area contributed by atoms with Crippen molar-refractivity contribution in [1.82, 2.24) is 5.32 Å². The van der Waals surface area contributed by atoms with Gasteiger partial charge in [-0.1, -0.05) is 45.7 Å². The Balaban J connectivity index is 1.99. The van der Waals surface area contributed by atoms with E-state index in [1.165, 1.54) is 0 Å². The summed E-state index contributed by atoms with van der Waals surface area (Å²) < 4.78 is 0.859. The Labute approximate surface area is 142 Å². The van der Waals surface area contributed by atoms with E-state index in [1.54, 1.807) is 43.3 Å². The van der Waals surface area contributed by atoms with E-state index in [0.717, 1.165) is 4.47 Å². The smallest absolute Gasteiger partial charge is 0.253 e. The molecule has 0 heterocycles. The minimum atomic E-state index is -0.692. The lowest BCUT2D eigenvalue weighted by Gasteiger charge is -2.14. The summed E-state index contributed by atoms with van der Waals surface area (Å²) in [5, 5.41) is 5.71. The first-order valence-corrected chi connectivity index (χ1v) is 7.76. The van der Waals surface area contributed by atoms with E-state index in [1.807, 2.05) is 12.1 Å². The zero-order valence-electron chi connectivity index (χ0n) is 11.8. The van der Waals surface area contributed by atoms with Crippen LogP contribution >= 0.6 is 27.5 Å². The average molecular weight is 382 g/mol. The summed E-state index contributed by atoms with van der Waals surface area (Å²) in [6, 6.07) is 13.2. The predicted octanol–water partition coefficient (Wildman–Crippen LogP) is 3.86. The van der Waals surface area contributed by atoms with Gasteiger partial charge in [-0.15, -0.1) is 0 Å². The molecule has 2 aromatic rings. The van der Waals surface area contributed by atoms with Crippen LogP contribution in [0.15, 0.2) is 53.0 Å². The quantitative estimate of drug-likeness (QED) is 0.845. The fourth-order valence-corrected chi connectivity index (χ4v) is 2.42. The Morgan fingerprint density at radius 1 is 1.14 bits per heavy atom. The molecule has 0 fully saturated rings. The second-order valence-electron chi connectivity index (χ2n) is 4.67. The fraction of sp³-hybridized carbons (Fsp3) is 0.125. The summed E-state index contributed by atoms with van der Waals surface area (Å²) in [4.78, 5) is 24.2. The highest BCUT2D eigenvalue weighted by molar-refractivity contribution is 9.10. The SMILES string of the molecule is C[C@H](NC(=O)c1ccccc1Cl)C(=O)Nc1cccc(Br)c1. The van der Waals surface area contributed by atoms with Gasteiger partial charge >= 0.3 is 0 Å². The van der Waals surface area contributed by atoms with Crippen LogP contribution in [-0.4, -0.2) is 17.9 Å². The van der Waals surface area contributed by atoms with Crippen molar-refractivity contribution in [2.24, 2.45) is 0 Å². The molecule has 0 saturated heterocycles. The van der Waals surface area contributed by atoms with E-state index < -0.39 is 6.04 Å². The largest absolute Gasteiger partial charge is 0.340 e. The van der Waals surface area contributed by atoms with Gasteiger partial charge in [0.05, 0.1) is 10.6 Å². The molecule has 0 aliphatic rings. The van der Waals surface area contributed by atoms with Gasteiger partial charge in [-0.25, -0.2) is 0 Å². The van der Waals surface area contributed by atoms with Crippen molar-refractivity contribution in [2.45, 2.75) is 13.0 Å². The first-order valence-electron chi connectivity index (χ1n) is 6.59. The third-order valence-corrected chi connectivity index (χ3v) is 3.77. The second kappa shape index (κ2) is 7.42. The maximum Gasteiger partial charge on any atom is 0.253 e. The van der Waals surface area contributed by atoms with Crippen LogP contribution in [0.25, 0.3) is 0 Å². The summed E-state index contributed by atoms with van der Waals surface area (Å²) in [6.45, 7) is 1.61. The number of rotatable bonds is 4. The van der Waals surface area contributed by atoms with Crippen molar-refractivity contribution in [2.75, 3.05) is 5.32 Å². The molecule has 0 radical (unpaired) electrons. The molecular formula is C16H14BrClN2O2. The number of benzene rings is 2. The molecule has 0 aromatic heterocycles. The highest BCUT2D eigenvalue weighted by atomic mass is 79.9. The lowest BCUT2D eigenvalue weighted by atomic mass is 10.2. The van der Waals surface area contributed by atoms with Crippen LogP contribution in [0, 0.1) is 0 Å². The van der Waals surface area contributed by atoms with Gasteiger partial charge in [0.1, 0.15) is 6.04 Å². The number of hydrogen-bond donors (Lipinski definition) is 2. The lowest BCUT2D eigenvalue weighted by molar-refractivity contribution is -0.117. The van der Waals surface area contributed by atoms with Crippen LogP contribution in [0.4, 0.5) is 5.69 Å². The lowest BCUT2D eigenvalue weighted by Crippen LogP contribution is -2.41. The highest BCUT2D eigenvalue weighted by Gasteiger charge is 2.18. The molecule has 0 aliphatic heterocycles. The molecule has 0 bridgehead atoms. The summed E-state index contributed by atoms with van der Waals surface area (Å²) in [6.07, 6.45) is 0. The molecule has 0 spiro atoms. The van der Waals surface area contributed by atoms with Crippen LogP contribution in [0.3, 0.4) is 0 Å². The highest BCUT2D eigenvalue weighted by Crippen LogP contribution is 2.16. The van der Waals surface area contributed by atoms with E-state index in [2.05, 4.69) is 26.6 Å². The molecule has 0 unspecified atom stereocenters. The molecule has 4 nitrogen and oxygen atoms in total. The normalized spacial score (nSPS) is 11.6. The van der Waals surface area contributed by atoms with E-state index in [-0.39, 0.29) is 11.8 Å². The third kappa shape index (κ3) is 4.32. The molecule has 2 rings (SSSR count). The molecule has 2 amide bonds. The zero-order valence-corrected chi connectivity index (χ0v) is 14.1. The number of hydrogen-bond acceptors (Lipinski definition) is 2. The van der Waals surface area contributed by atoms with E-state index >= 15 is 0 Å². The molecular weight excluding hydrogens is 368 g/mol. The maximum absolute atomic E-state index is 12.1. The molecule has 2 aromatic carbocycles. The van der Waals surface area contributed by atoms with Crippen molar-refractivity contribution >= 4 is 45.0 Å². The monoisotopic (exact) mass is 380 g/mol. The van der Waals surface area contributed by atoms with Gasteiger partial charge in [-0.3, -0.25) is 9.59 Å². The van der Waals surface area contributed by atoms with Crippen LogP contribution in [-0.2, 0) is 4.79 Å². The van der Waals surface area contributed by atoms with Crippen molar-refractivity contribution in [3.63, 3.8) is 0 Å². The Morgan fingerprint density at radius 2 is 1.86 bits per heavy atom. The van der Waals surface area contributed by atoms with E-state index in [0.29, 0.717) is 16.3 Å². The van der Waals surface area contributed by atoms with E-state index in [4.69, 9.17) is 11.6 Å². The molecule has 6 heteroatoms. The Hall–Kier alpha value is -1.85. The van der Waals surface area contributed by atoms with Crippen LogP contribution in [0.2, 0.25) is 5.02 Å². The molecule has 0 saturated carbocycles. The van der Waals surface area contributed by atoms with Gasteiger partial charge in [0.2, 0.25) is 5.91 Å². The Bertz CT molecular complexity index is 706. The number of carbonyl (C=O) groups is 2. The van der Waals surface area contributed by atoms with Gasteiger partial charge in [-0.2, -0.15) is 0 Å². The summed E-state index contributed by atoms with van der Waals surface area (Å²) in [5.74, 6) is -0.694. The van der Waals surface area contributed by atoms with Crippen LogP contribution < -0.4 is 10.6 Å². The van der Waals surface area contributed by atoms with Gasteiger partial charge in [0.25, 0.3) is 5.91 Å². The van der Waals surface area contributed by atoms with E-state index in [9.17, 15) is 9.59 Å². The maximum atomic E-state index is 12.1. The minimum Gasteiger partial charge on any atom is -0.340 e. The van der Waals surface area contributed by atoms with Gasteiger partial charge in [0.15, 0.2) is 0 Å². The minimum absolute atomic E-state index is 0.307. The number of amides is 2. The number of anilines is 1. The van der Waals surface area contributed by atoms with Gasteiger partial charge in [0, 0.05) is 10.2 Å². The van der Waals surface area contributed by atoms with Crippen molar-refractivity contribution < 1.29 is 9.59 Å². The van der Waals surface area contributed by atoms with Gasteiger partial charge < -0.3 is 10.6 Å². The molecule has 0 aliphatic carbocycles. The van der Waals surface area contributed by atoms with Crippen molar-refractivity contribution in [1.29, 1.82) is 0 Å². The Morgan fingerprint density at radius 3 is 2.55 bits per heavy atom.